The number of rotatable bonds is 5. The molecule has 0 atom stereocenters. The fourth-order valence-electron chi connectivity index (χ4n) is 3.21. The molecule has 0 radical (unpaired) electrons. The lowest BCUT2D eigenvalue weighted by Crippen LogP contribution is -2.28. The molecule has 2 aromatic rings. The summed E-state index contributed by atoms with van der Waals surface area (Å²) in [4.78, 5) is 1.89. The maximum Gasteiger partial charge on any atom is 0.573 e. The summed E-state index contributed by atoms with van der Waals surface area (Å²) >= 11 is 0. The minimum Gasteiger partial charge on any atom is -0.406 e. The highest BCUT2D eigenvalue weighted by atomic mass is 19.4. The van der Waals surface area contributed by atoms with Gasteiger partial charge in [0.15, 0.2) is 5.84 Å². The molecule has 0 saturated heterocycles. The molecule has 0 fully saturated rings. The third-order valence-corrected chi connectivity index (χ3v) is 4.64. The summed E-state index contributed by atoms with van der Waals surface area (Å²) in [5.74, 6) is -0.778. The van der Waals surface area contributed by atoms with Crippen molar-refractivity contribution in [2.75, 3.05) is 13.2 Å². The Hall–Kier alpha value is -3.36. The van der Waals surface area contributed by atoms with Crippen LogP contribution in [0, 0.1) is 11.6 Å². The molecule has 30 heavy (non-hydrogen) atoms. The van der Waals surface area contributed by atoms with Crippen LogP contribution in [0.15, 0.2) is 65.9 Å². The summed E-state index contributed by atoms with van der Waals surface area (Å²) in [7, 11) is 0. The van der Waals surface area contributed by atoms with Crippen molar-refractivity contribution >= 4 is 11.4 Å². The van der Waals surface area contributed by atoms with E-state index >= 15 is 0 Å². The van der Waals surface area contributed by atoms with Crippen molar-refractivity contribution in [3.8, 4) is 5.75 Å². The van der Waals surface area contributed by atoms with Gasteiger partial charge in [-0.15, -0.1) is 13.2 Å². The number of hydrogen-bond donors (Lipinski definition) is 0. The standard InChI is InChI=1S/C21H16F5N3O/c22-17-5-1-15(19(23)11-17)9-10-29-13-28-12-16(4-8-20(28)27-29)14-2-6-18(7-3-14)30-21(24,25)26/h1-8,11-12H,9-10,13H2. The average Bonchev–Trinajstić information content (AvgIpc) is 3.09. The molecule has 2 aromatic carbocycles. The van der Waals surface area contributed by atoms with Gasteiger partial charge >= 0.3 is 6.36 Å². The molecule has 0 N–H and O–H groups in total. The lowest BCUT2D eigenvalue weighted by atomic mass is 10.0. The minimum absolute atomic E-state index is 0.283. The van der Waals surface area contributed by atoms with Crippen LogP contribution in [0.3, 0.4) is 0 Å². The maximum atomic E-state index is 13.8. The number of benzene rings is 2. The normalized spacial score (nSPS) is 15.8. The maximum absolute atomic E-state index is 13.8. The second-order valence-electron chi connectivity index (χ2n) is 6.78. The lowest BCUT2D eigenvalue weighted by Gasteiger charge is -2.20. The van der Waals surface area contributed by atoms with E-state index in [0.717, 1.165) is 17.2 Å². The van der Waals surface area contributed by atoms with Gasteiger partial charge in [-0.05, 0) is 53.5 Å². The van der Waals surface area contributed by atoms with E-state index in [-0.39, 0.29) is 5.75 Å². The summed E-state index contributed by atoms with van der Waals surface area (Å²) in [6.45, 7) is 0.893. The number of nitrogens with zero attached hydrogens (tertiary/aromatic N) is 3. The predicted octanol–water partition coefficient (Wildman–Crippen LogP) is 4.91. The summed E-state index contributed by atoms with van der Waals surface area (Å²) in [6, 6.07) is 9.11. The van der Waals surface area contributed by atoms with Crippen LogP contribution < -0.4 is 4.74 Å². The molecule has 2 aliphatic heterocycles. The Morgan fingerprint density at radius 3 is 2.47 bits per heavy atom. The van der Waals surface area contributed by atoms with E-state index in [2.05, 4.69) is 9.84 Å². The number of hydrazone groups is 1. The number of fused-ring (bicyclic) bond motifs is 1. The van der Waals surface area contributed by atoms with E-state index in [4.69, 9.17) is 0 Å². The number of ether oxygens (including phenoxy) is 1. The molecule has 9 heteroatoms. The number of halogens is 5. The van der Waals surface area contributed by atoms with Crippen LogP contribution in [0.25, 0.3) is 5.57 Å². The minimum atomic E-state index is -4.73. The van der Waals surface area contributed by atoms with Crippen molar-refractivity contribution in [2.45, 2.75) is 12.8 Å². The first kappa shape index (κ1) is 19.9. The van der Waals surface area contributed by atoms with Crippen molar-refractivity contribution in [3.05, 3.63) is 83.6 Å². The van der Waals surface area contributed by atoms with Crippen molar-refractivity contribution in [2.24, 2.45) is 5.10 Å². The Bertz CT molecular complexity index is 1030. The largest absolute Gasteiger partial charge is 0.573 e. The molecule has 0 aromatic heterocycles. The molecule has 0 spiro atoms. The molecule has 156 valence electrons. The van der Waals surface area contributed by atoms with E-state index in [9.17, 15) is 22.0 Å². The molecule has 2 heterocycles. The Kier molecular flexibility index (Phi) is 5.19. The highest BCUT2D eigenvalue weighted by Crippen LogP contribution is 2.28. The zero-order valence-electron chi connectivity index (χ0n) is 15.5. The number of allylic oxidation sites excluding steroid dienone is 2. The fraction of sp³-hybridized carbons (Fsp3) is 0.190. The quantitative estimate of drug-likeness (QED) is 0.643. The van der Waals surface area contributed by atoms with Crippen LogP contribution in [-0.2, 0) is 6.42 Å². The van der Waals surface area contributed by atoms with E-state index in [1.54, 1.807) is 23.2 Å². The average molecular weight is 421 g/mol. The van der Waals surface area contributed by atoms with Gasteiger partial charge in [0.05, 0.1) is 0 Å². The second kappa shape index (κ2) is 7.81. The third-order valence-electron chi connectivity index (χ3n) is 4.64. The topological polar surface area (TPSA) is 28.1 Å². The van der Waals surface area contributed by atoms with E-state index in [0.29, 0.717) is 31.0 Å². The monoisotopic (exact) mass is 421 g/mol. The van der Waals surface area contributed by atoms with Gasteiger partial charge in [-0.3, -0.25) is 5.01 Å². The van der Waals surface area contributed by atoms with Gasteiger partial charge < -0.3 is 9.64 Å². The van der Waals surface area contributed by atoms with Crippen molar-refractivity contribution in [1.29, 1.82) is 0 Å². The highest BCUT2D eigenvalue weighted by molar-refractivity contribution is 6.00. The van der Waals surface area contributed by atoms with Crippen molar-refractivity contribution in [3.63, 3.8) is 0 Å². The van der Waals surface area contributed by atoms with E-state index in [1.165, 1.54) is 24.3 Å². The molecule has 4 rings (SSSR count). The van der Waals surface area contributed by atoms with E-state index < -0.39 is 18.0 Å². The Morgan fingerprint density at radius 1 is 1.00 bits per heavy atom. The number of alkyl halides is 3. The number of hydrogen-bond acceptors (Lipinski definition) is 4. The Balaban J connectivity index is 1.39. The number of amidine groups is 1. The molecular weight excluding hydrogens is 405 g/mol. The van der Waals surface area contributed by atoms with Crippen LogP contribution >= 0.6 is 0 Å². The van der Waals surface area contributed by atoms with Gasteiger partial charge in [-0.2, -0.15) is 5.10 Å². The van der Waals surface area contributed by atoms with Crippen LogP contribution in [0.1, 0.15) is 11.1 Å². The zero-order chi connectivity index (χ0) is 21.3. The molecule has 4 nitrogen and oxygen atoms in total. The molecular formula is C21H16F5N3O. The SMILES string of the molecule is Fc1ccc(CCN2CN3C=C(c4ccc(OC(F)(F)F)cc4)C=CC3=N2)c(F)c1. The highest BCUT2D eigenvalue weighted by Gasteiger charge is 2.31. The molecule has 2 aliphatic rings. The fourth-order valence-corrected chi connectivity index (χ4v) is 3.21. The first-order chi connectivity index (χ1) is 14.3. The van der Waals surface area contributed by atoms with Crippen LogP contribution in [-0.4, -0.2) is 35.3 Å². The molecule has 0 aliphatic carbocycles. The zero-order valence-corrected chi connectivity index (χ0v) is 15.5. The lowest BCUT2D eigenvalue weighted by molar-refractivity contribution is -0.274. The molecule has 0 unspecified atom stereocenters. The van der Waals surface area contributed by atoms with Crippen LogP contribution in [0.4, 0.5) is 22.0 Å². The Labute approximate surface area is 169 Å². The van der Waals surface area contributed by atoms with Gasteiger partial charge in [0.2, 0.25) is 0 Å². The second-order valence-corrected chi connectivity index (χ2v) is 6.78. The Morgan fingerprint density at radius 2 is 1.77 bits per heavy atom. The van der Waals surface area contributed by atoms with E-state index in [1.807, 2.05) is 17.2 Å². The first-order valence-corrected chi connectivity index (χ1v) is 9.07. The molecule has 0 amide bonds. The van der Waals surface area contributed by atoms with Crippen LogP contribution in [0.2, 0.25) is 0 Å². The van der Waals surface area contributed by atoms with Gasteiger partial charge in [0, 0.05) is 18.8 Å². The van der Waals surface area contributed by atoms with Crippen molar-refractivity contribution in [1.82, 2.24) is 9.91 Å². The third kappa shape index (κ3) is 4.61. The summed E-state index contributed by atoms with van der Waals surface area (Å²) < 4.78 is 67.5. The summed E-state index contributed by atoms with van der Waals surface area (Å²) in [5.41, 5.74) is 1.94. The van der Waals surface area contributed by atoms with Crippen LogP contribution in [0.5, 0.6) is 5.75 Å². The summed E-state index contributed by atoms with van der Waals surface area (Å²) in [6.07, 6.45) is 1.10. The predicted molar refractivity (Wildman–Crippen MR) is 101 cm³/mol. The molecule has 0 bridgehead atoms. The van der Waals surface area contributed by atoms with Gasteiger partial charge in [-0.1, -0.05) is 18.2 Å². The smallest absolute Gasteiger partial charge is 0.406 e. The van der Waals surface area contributed by atoms with Gasteiger partial charge in [0.1, 0.15) is 24.1 Å². The first-order valence-electron chi connectivity index (χ1n) is 9.07. The van der Waals surface area contributed by atoms with Crippen molar-refractivity contribution < 1.29 is 26.7 Å². The van der Waals surface area contributed by atoms with Gasteiger partial charge in [-0.25, -0.2) is 8.78 Å². The summed E-state index contributed by atoms with van der Waals surface area (Å²) in [5, 5.41) is 6.22. The van der Waals surface area contributed by atoms with Gasteiger partial charge in [0.25, 0.3) is 0 Å². The molecule has 0 saturated carbocycles.